The molecule has 32 heavy (non-hydrogen) atoms. The van der Waals surface area contributed by atoms with E-state index < -0.39 is 12.1 Å². The van der Waals surface area contributed by atoms with Crippen LogP contribution in [-0.2, 0) is 11.3 Å². The Morgan fingerprint density at radius 2 is 1.75 bits per heavy atom. The summed E-state index contributed by atoms with van der Waals surface area (Å²) in [6.07, 6.45) is -4.29. The fraction of sp³-hybridized carbons (Fsp3) is 0.300. The third-order valence-electron chi connectivity index (χ3n) is 3.84. The summed E-state index contributed by atoms with van der Waals surface area (Å²) in [6, 6.07) is 13.1. The van der Waals surface area contributed by atoms with E-state index in [9.17, 15) is 18.0 Å². The Morgan fingerprint density at radius 3 is 2.34 bits per heavy atom. The van der Waals surface area contributed by atoms with Crippen molar-refractivity contribution in [2.45, 2.75) is 26.1 Å². The number of aromatic nitrogens is 2. The van der Waals surface area contributed by atoms with E-state index in [-0.39, 0.29) is 11.6 Å². The van der Waals surface area contributed by atoms with Gasteiger partial charge in [0.05, 0.1) is 12.2 Å². The largest absolute Gasteiger partial charge is 0.490 e. The fourth-order valence-corrected chi connectivity index (χ4v) is 2.34. The van der Waals surface area contributed by atoms with Crippen molar-refractivity contribution in [1.82, 2.24) is 20.9 Å². The number of nitrogens with zero attached hydrogens (tertiary/aromatic N) is 2. The molecule has 0 unspecified atom stereocenters. The van der Waals surface area contributed by atoms with Crippen LogP contribution in [0, 0.1) is 6.92 Å². The Bertz CT molecular complexity index is 1000. The molecule has 3 rings (SSSR count). The molecule has 0 aliphatic heterocycles. The Balaban J connectivity index is 0.000000451. The summed E-state index contributed by atoms with van der Waals surface area (Å²) in [5, 5.41) is 20.8. The minimum absolute atomic E-state index is 0.239. The van der Waals surface area contributed by atoms with E-state index in [0.29, 0.717) is 18.8 Å². The van der Waals surface area contributed by atoms with Gasteiger partial charge in [0.15, 0.2) is 17.2 Å². The standard InChI is InChI=1S/C18H20N4O3.C2HF3O2/c1-13-10-15(24-21-13)12-19-8-5-9-20-18(23)16-11-17(25-22-16)14-6-3-2-4-7-14;3-2(4,5)1(6)7/h2-4,6-7,10-11,19H,5,8-9,12H2,1H3,(H,20,23);(H,6,7). The number of benzene rings is 1. The Kier molecular flexibility index (Phi) is 8.95. The first kappa shape index (κ1) is 24.6. The van der Waals surface area contributed by atoms with Gasteiger partial charge in [-0.15, -0.1) is 0 Å². The van der Waals surface area contributed by atoms with Crippen LogP contribution in [-0.4, -0.2) is 46.6 Å². The fourth-order valence-electron chi connectivity index (χ4n) is 2.34. The van der Waals surface area contributed by atoms with Gasteiger partial charge in [0.1, 0.15) is 0 Å². The number of carbonyl (C=O) groups excluding carboxylic acids is 1. The van der Waals surface area contributed by atoms with E-state index in [0.717, 1.165) is 30.0 Å². The van der Waals surface area contributed by atoms with Crippen molar-refractivity contribution >= 4 is 11.9 Å². The van der Waals surface area contributed by atoms with Gasteiger partial charge >= 0.3 is 12.1 Å². The first-order chi connectivity index (χ1) is 15.2. The predicted octanol–water partition coefficient (Wildman–Crippen LogP) is 3.18. The summed E-state index contributed by atoms with van der Waals surface area (Å²) in [7, 11) is 0. The van der Waals surface area contributed by atoms with Gasteiger partial charge in [-0.25, -0.2) is 4.79 Å². The number of hydrogen-bond donors (Lipinski definition) is 3. The lowest BCUT2D eigenvalue weighted by molar-refractivity contribution is -0.192. The first-order valence-corrected chi connectivity index (χ1v) is 9.40. The molecule has 0 saturated carbocycles. The average Bonchev–Trinajstić information content (AvgIpc) is 3.40. The normalized spacial score (nSPS) is 10.9. The van der Waals surface area contributed by atoms with Crippen LogP contribution < -0.4 is 10.6 Å². The molecule has 1 amide bonds. The Hall–Kier alpha value is -3.67. The number of aryl methyl sites for hydroxylation is 1. The van der Waals surface area contributed by atoms with E-state index in [2.05, 4.69) is 20.9 Å². The van der Waals surface area contributed by atoms with Crippen molar-refractivity contribution in [3.05, 3.63) is 59.6 Å². The number of aliphatic carboxylic acids is 1. The van der Waals surface area contributed by atoms with Crippen molar-refractivity contribution in [3.8, 4) is 11.3 Å². The monoisotopic (exact) mass is 454 g/mol. The lowest BCUT2D eigenvalue weighted by Gasteiger charge is -2.03. The van der Waals surface area contributed by atoms with Crippen LogP contribution in [0.3, 0.4) is 0 Å². The molecular weight excluding hydrogens is 433 g/mol. The Morgan fingerprint density at radius 1 is 1.06 bits per heavy atom. The zero-order chi connectivity index (χ0) is 23.6. The number of carbonyl (C=O) groups is 2. The molecule has 0 bridgehead atoms. The zero-order valence-electron chi connectivity index (χ0n) is 17.0. The molecule has 3 aromatic rings. The number of rotatable bonds is 8. The van der Waals surface area contributed by atoms with Crippen LogP contribution in [0.1, 0.15) is 28.4 Å². The lowest BCUT2D eigenvalue weighted by Crippen LogP contribution is -2.27. The van der Waals surface area contributed by atoms with Gasteiger partial charge in [0.2, 0.25) is 0 Å². The number of carboxylic acids is 1. The predicted molar refractivity (Wildman–Crippen MR) is 106 cm³/mol. The van der Waals surface area contributed by atoms with Gasteiger partial charge in [-0.05, 0) is 19.9 Å². The molecule has 3 N–H and O–H groups in total. The second kappa shape index (κ2) is 11.6. The van der Waals surface area contributed by atoms with Gasteiger partial charge in [0.25, 0.3) is 5.91 Å². The topological polar surface area (TPSA) is 130 Å². The second-order valence-electron chi connectivity index (χ2n) is 6.47. The van der Waals surface area contributed by atoms with Gasteiger partial charge < -0.3 is 24.8 Å². The van der Waals surface area contributed by atoms with Crippen LogP contribution in [0.2, 0.25) is 0 Å². The molecule has 0 aliphatic carbocycles. The highest BCUT2D eigenvalue weighted by molar-refractivity contribution is 5.93. The lowest BCUT2D eigenvalue weighted by atomic mass is 10.1. The quantitative estimate of drug-likeness (QED) is 0.443. The summed E-state index contributed by atoms with van der Waals surface area (Å²) in [5.74, 6) is -1.61. The molecule has 12 heteroatoms. The number of nitrogens with one attached hydrogen (secondary N) is 2. The third kappa shape index (κ3) is 8.22. The van der Waals surface area contributed by atoms with Crippen LogP contribution in [0.5, 0.6) is 0 Å². The maximum atomic E-state index is 12.1. The molecule has 9 nitrogen and oxygen atoms in total. The molecule has 1 aromatic carbocycles. The minimum atomic E-state index is -5.08. The van der Waals surface area contributed by atoms with Crippen molar-refractivity contribution in [1.29, 1.82) is 0 Å². The molecular formula is C20H21F3N4O5. The summed E-state index contributed by atoms with van der Waals surface area (Å²) in [6.45, 7) is 3.82. The highest BCUT2D eigenvalue weighted by Gasteiger charge is 2.38. The van der Waals surface area contributed by atoms with Gasteiger partial charge in [-0.3, -0.25) is 4.79 Å². The number of amides is 1. The molecule has 0 fully saturated rings. The summed E-state index contributed by atoms with van der Waals surface area (Å²) >= 11 is 0. The zero-order valence-corrected chi connectivity index (χ0v) is 17.0. The number of halogens is 3. The molecule has 0 radical (unpaired) electrons. The average molecular weight is 454 g/mol. The molecule has 0 aliphatic rings. The molecule has 0 spiro atoms. The summed E-state index contributed by atoms with van der Waals surface area (Å²) < 4.78 is 42.1. The highest BCUT2D eigenvalue weighted by Crippen LogP contribution is 2.19. The van der Waals surface area contributed by atoms with Gasteiger partial charge in [0, 0.05) is 24.2 Å². The molecule has 172 valence electrons. The van der Waals surface area contributed by atoms with E-state index >= 15 is 0 Å². The SMILES string of the molecule is Cc1cc(CNCCCNC(=O)c2cc(-c3ccccc3)on2)on1.O=C(O)C(F)(F)F. The van der Waals surface area contributed by atoms with E-state index in [1.165, 1.54) is 0 Å². The number of hydrogen-bond acceptors (Lipinski definition) is 7. The maximum absolute atomic E-state index is 12.1. The third-order valence-corrected chi connectivity index (χ3v) is 3.84. The smallest absolute Gasteiger partial charge is 0.475 e. The van der Waals surface area contributed by atoms with Gasteiger partial charge in [-0.2, -0.15) is 13.2 Å². The van der Waals surface area contributed by atoms with Crippen molar-refractivity contribution < 1.29 is 36.9 Å². The van der Waals surface area contributed by atoms with E-state index in [1.54, 1.807) is 6.07 Å². The molecule has 2 heterocycles. The number of carboxylic acid groups (broad SMARTS) is 1. The van der Waals surface area contributed by atoms with Crippen LogP contribution in [0.25, 0.3) is 11.3 Å². The second-order valence-corrected chi connectivity index (χ2v) is 6.47. The van der Waals surface area contributed by atoms with Crippen LogP contribution in [0.15, 0.2) is 51.5 Å². The van der Waals surface area contributed by atoms with Crippen molar-refractivity contribution in [2.75, 3.05) is 13.1 Å². The van der Waals surface area contributed by atoms with Crippen molar-refractivity contribution in [2.24, 2.45) is 0 Å². The van der Waals surface area contributed by atoms with Gasteiger partial charge in [-0.1, -0.05) is 40.6 Å². The molecule has 0 atom stereocenters. The van der Waals surface area contributed by atoms with Crippen LogP contribution >= 0.6 is 0 Å². The first-order valence-electron chi connectivity index (χ1n) is 9.40. The number of alkyl halides is 3. The molecule has 0 saturated heterocycles. The maximum Gasteiger partial charge on any atom is 0.490 e. The highest BCUT2D eigenvalue weighted by atomic mass is 19.4. The van der Waals surface area contributed by atoms with E-state index in [4.69, 9.17) is 18.9 Å². The van der Waals surface area contributed by atoms with E-state index in [1.807, 2.05) is 43.3 Å². The Labute approximate surface area is 180 Å². The minimum Gasteiger partial charge on any atom is -0.475 e. The summed E-state index contributed by atoms with van der Waals surface area (Å²) in [5.41, 5.74) is 2.04. The van der Waals surface area contributed by atoms with Crippen LogP contribution in [0.4, 0.5) is 13.2 Å². The van der Waals surface area contributed by atoms with Crippen molar-refractivity contribution in [3.63, 3.8) is 0 Å². The molecule has 2 aromatic heterocycles. The summed E-state index contributed by atoms with van der Waals surface area (Å²) in [4.78, 5) is 21.0.